The van der Waals surface area contributed by atoms with Gasteiger partial charge < -0.3 is 4.42 Å². The quantitative estimate of drug-likeness (QED) is 0.619. The Labute approximate surface area is 85.9 Å². The van der Waals surface area contributed by atoms with Crippen molar-refractivity contribution in [2.24, 2.45) is 5.18 Å². The van der Waals surface area contributed by atoms with Gasteiger partial charge in [0.25, 0.3) is 5.88 Å². The van der Waals surface area contributed by atoms with Gasteiger partial charge >= 0.3 is 0 Å². The van der Waals surface area contributed by atoms with Gasteiger partial charge in [-0.15, -0.1) is 4.91 Å². The minimum Gasteiger partial charge on any atom is -0.434 e. The van der Waals surface area contributed by atoms with Crippen LogP contribution < -0.4 is 5.48 Å². The van der Waals surface area contributed by atoms with Gasteiger partial charge in [0, 0.05) is 10.6 Å². The molecule has 0 aliphatic heterocycles. The standard InChI is InChI=1S/C10H10N2O3/c1-6-3-4-8-7(5-6)9(12-14-2)10(11-13)15-8/h3-5,12H,1-2H3. The maximum absolute atomic E-state index is 10.5. The molecule has 0 saturated heterocycles. The van der Waals surface area contributed by atoms with E-state index in [4.69, 9.17) is 9.25 Å². The lowest BCUT2D eigenvalue weighted by atomic mass is 10.2. The van der Waals surface area contributed by atoms with Crippen LogP contribution in [0.25, 0.3) is 11.0 Å². The van der Waals surface area contributed by atoms with E-state index in [9.17, 15) is 4.91 Å². The van der Waals surface area contributed by atoms with Crippen LogP contribution in [-0.2, 0) is 4.84 Å². The molecule has 1 aromatic carbocycles. The Bertz CT molecular complexity index is 505. The lowest BCUT2D eigenvalue weighted by Gasteiger charge is -1.99. The van der Waals surface area contributed by atoms with E-state index in [0.29, 0.717) is 11.3 Å². The average Bonchev–Trinajstić information content (AvgIpc) is 2.57. The fraction of sp³-hybridized carbons (Fsp3) is 0.200. The largest absolute Gasteiger partial charge is 0.434 e. The van der Waals surface area contributed by atoms with Crippen molar-refractivity contribution in [3.8, 4) is 0 Å². The van der Waals surface area contributed by atoms with E-state index in [1.807, 2.05) is 19.1 Å². The lowest BCUT2D eigenvalue weighted by molar-refractivity contribution is 0.271. The Balaban J connectivity index is 2.70. The summed E-state index contributed by atoms with van der Waals surface area (Å²) in [5, 5.41) is 3.58. The van der Waals surface area contributed by atoms with E-state index in [1.165, 1.54) is 7.11 Å². The van der Waals surface area contributed by atoms with Crippen LogP contribution in [0, 0.1) is 11.8 Å². The summed E-state index contributed by atoms with van der Waals surface area (Å²) in [4.78, 5) is 15.3. The Hall–Kier alpha value is -1.88. The van der Waals surface area contributed by atoms with Crippen LogP contribution in [0.15, 0.2) is 27.8 Å². The molecule has 0 radical (unpaired) electrons. The van der Waals surface area contributed by atoms with Crippen molar-refractivity contribution in [3.05, 3.63) is 28.7 Å². The number of nitroso groups, excluding NO2 is 1. The van der Waals surface area contributed by atoms with Crippen molar-refractivity contribution in [2.75, 3.05) is 12.6 Å². The summed E-state index contributed by atoms with van der Waals surface area (Å²) in [6.07, 6.45) is 0. The first-order valence-electron chi connectivity index (χ1n) is 4.41. The minimum atomic E-state index is -0.00236. The normalized spacial score (nSPS) is 10.5. The molecular formula is C10H10N2O3. The number of hydrogen-bond acceptors (Lipinski definition) is 5. The van der Waals surface area contributed by atoms with Gasteiger partial charge in [0.05, 0.1) is 7.11 Å². The summed E-state index contributed by atoms with van der Waals surface area (Å²) in [5.41, 5.74) is 4.73. The van der Waals surface area contributed by atoms with Crippen LogP contribution in [0.3, 0.4) is 0 Å². The van der Waals surface area contributed by atoms with Gasteiger partial charge in [-0.05, 0) is 19.1 Å². The number of aryl methyl sites for hydroxylation is 1. The molecule has 15 heavy (non-hydrogen) atoms. The van der Waals surface area contributed by atoms with Crippen LogP contribution >= 0.6 is 0 Å². The van der Waals surface area contributed by atoms with Crippen molar-refractivity contribution < 1.29 is 9.25 Å². The molecular weight excluding hydrogens is 196 g/mol. The molecule has 0 fully saturated rings. The minimum absolute atomic E-state index is 0.00236. The molecule has 0 atom stereocenters. The Morgan fingerprint density at radius 3 is 2.93 bits per heavy atom. The highest BCUT2D eigenvalue weighted by Gasteiger charge is 2.14. The Morgan fingerprint density at radius 1 is 1.47 bits per heavy atom. The number of benzene rings is 1. The highest BCUT2D eigenvalue weighted by Crippen LogP contribution is 2.37. The molecule has 0 amide bonds. The second kappa shape index (κ2) is 3.70. The number of furan rings is 1. The van der Waals surface area contributed by atoms with Crippen molar-refractivity contribution in [2.45, 2.75) is 6.92 Å². The molecule has 1 N–H and O–H groups in total. The van der Waals surface area contributed by atoms with Gasteiger partial charge in [-0.2, -0.15) is 0 Å². The van der Waals surface area contributed by atoms with Crippen LogP contribution in [0.4, 0.5) is 11.6 Å². The molecule has 0 spiro atoms. The topological polar surface area (TPSA) is 63.8 Å². The van der Waals surface area contributed by atoms with Crippen LogP contribution in [-0.4, -0.2) is 7.11 Å². The van der Waals surface area contributed by atoms with Gasteiger partial charge in [-0.25, -0.2) is 0 Å². The molecule has 0 saturated carbocycles. The smallest absolute Gasteiger partial charge is 0.287 e. The summed E-state index contributed by atoms with van der Waals surface area (Å²) in [6, 6.07) is 5.59. The summed E-state index contributed by atoms with van der Waals surface area (Å²) < 4.78 is 5.23. The fourth-order valence-electron chi connectivity index (χ4n) is 1.46. The SMILES string of the molecule is CONc1c(N=O)oc2ccc(C)cc12. The summed E-state index contributed by atoms with van der Waals surface area (Å²) in [6.45, 7) is 1.96. The summed E-state index contributed by atoms with van der Waals surface area (Å²) in [5.74, 6) is -0.00236. The van der Waals surface area contributed by atoms with Crippen molar-refractivity contribution in [3.63, 3.8) is 0 Å². The maximum atomic E-state index is 10.5. The van der Waals surface area contributed by atoms with E-state index >= 15 is 0 Å². The third kappa shape index (κ3) is 1.57. The van der Waals surface area contributed by atoms with Gasteiger partial charge in [0.15, 0.2) is 0 Å². The molecule has 2 aromatic rings. The number of rotatable bonds is 3. The zero-order valence-electron chi connectivity index (χ0n) is 8.40. The fourth-order valence-corrected chi connectivity index (χ4v) is 1.46. The zero-order valence-corrected chi connectivity index (χ0v) is 8.40. The van der Waals surface area contributed by atoms with Crippen LogP contribution in [0.5, 0.6) is 0 Å². The lowest BCUT2D eigenvalue weighted by Crippen LogP contribution is -1.94. The van der Waals surface area contributed by atoms with Crippen LogP contribution in [0.1, 0.15) is 5.56 Å². The molecule has 0 unspecified atom stereocenters. The number of fused-ring (bicyclic) bond motifs is 1. The second-order valence-corrected chi connectivity index (χ2v) is 3.18. The maximum Gasteiger partial charge on any atom is 0.287 e. The van der Waals surface area contributed by atoms with E-state index in [1.54, 1.807) is 6.07 Å². The van der Waals surface area contributed by atoms with Gasteiger partial charge in [0.2, 0.25) is 0 Å². The van der Waals surface area contributed by atoms with Crippen molar-refractivity contribution in [1.82, 2.24) is 0 Å². The third-order valence-electron chi connectivity index (χ3n) is 2.11. The summed E-state index contributed by atoms with van der Waals surface area (Å²) in [7, 11) is 1.46. The third-order valence-corrected chi connectivity index (χ3v) is 2.11. The Kier molecular flexibility index (Phi) is 2.39. The van der Waals surface area contributed by atoms with Gasteiger partial charge in [0.1, 0.15) is 11.3 Å². The second-order valence-electron chi connectivity index (χ2n) is 3.18. The first-order valence-corrected chi connectivity index (χ1v) is 4.41. The molecule has 5 heteroatoms. The predicted molar refractivity (Wildman–Crippen MR) is 57.0 cm³/mol. The van der Waals surface area contributed by atoms with Gasteiger partial charge in [-0.3, -0.25) is 10.3 Å². The highest BCUT2D eigenvalue weighted by atomic mass is 16.6. The highest BCUT2D eigenvalue weighted by molar-refractivity contribution is 5.96. The molecule has 0 aliphatic carbocycles. The van der Waals surface area contributed by atoms with Crippen molar-refractivity contribution in [1.29, 1.82) is 0 Å². The van der Waals surface area contributed by atoms with E-state index < -0.39 is 0 Å². The first-order chi connectivity index (χ1) is 7.26. The van der Waals surface area contributed by atoms with E-state index in [2.05, 4.69) is 10.7 Å². The molecule has 0 bridgehead atoms. The molecule has 78 valence electrons. The molecule has 5 nitrogen and oxygen atoms in total. The number of anilines is 1. The first kappa shape index (κ1) is 9.67. The molecule has 1 aromatic heterocycles. The summed E-state index contributed by atoms with van der Waals surface area (Å²) >= 11 is 0. The molecule has 1 heterocycles. The van der Waals surface area contributed by atoms with Gasteiger partial charge in [-0.1, -0.05) is 11.6 Å². The number of hydrogen-bond donors (Lipinski definition) is 1. The van der Waals surface area contributed by atoms with E-state index in [-0.39, 0.29) is 5.88 Å². The van der Waals surface area contributed by atoms with Crippen molar-refractivity contribution >= 4 is 22.5 Å². The predicted octanol–water partition coefficient (Wildman–Crippen LogP) is 3.11. The zero-order chi connectivity index (χ0) is 10.8. The number of nitrogens with zero attached hydrogens (tertiary/aromatic N) is 1. The average molecular weight is 206 g/mol. The molecule has 2 rings (SSSR count). The Morgan fingerprint density at radius 2 is 2.27 bits per heavy atom. The van der Waals surface area contributed by atoms with E-state index in [0.717, 1.165) is 10.9 Å². The molecule has 0 aliphatic rings. The van der Waals surface area contributed by atoms with Crippen LogP contribution in [0.2, 0.25) is 0 Å². The number of nitrogens with one attached hydrogen (secondary N) is 1. The monoisotopic (exact) mass is 206 g/mol.